The van der Waals surface area contributed by atoms with Gasteiger partial charge in [-0.3, -0.25) is 9.52 Å². The number of benzene rings is 2. The van der Waals surface area contributed by atoms with Crippen LogP contribution in [0.25, 0.3) is 0 Å². The van der Waals surface area contributed by atoms with Crippen LogP contribution in [0.1, 0.15) is 22.8 Å². The summed E-state index contributed by atoms with van der Waals surface area (Å²) < 4.78 is 27.5. The summed E-state index contributed by atoms with van der Waals surface area (Å²) in [5, 5.41) is 2.64. The van der Waals surface area contributed by atoms with Gasteiger partial charge in [0.25, 0.3) is 15.9 Å². The molecule has 2 aromatic rings. The van der Waals surface area contributed by atoms with Crippen molar-refractivity contribution < 1.29 is 13.2 Å². The van der Waals surface area contributed by atoms with Gasteiger partial charge in [0.05, 0.1) is 16.1 Å². The van der Waals surface area contributed by atoms with Gasteiger partial charge in [-0.25, -0.2) is 8.42 Å². The Bertz CT molecular complexity index is 828. The van der Waals surface area contributed by atoms with Crippen molar-refractivity contribution in [1.82, 2.24) is 5.32 Å². The first-order valence-corrected chi connectivity index (χ1v) is 9.06. The van der Waals surface area contributed by atoms with E-state index in [9.17, 15) is 13.2 Å². The van der Waals surface area contributed by atoms with Crippen molar-refractivity contribution in [3.63, 3.8) is 0 Å². The molecule has 0 heterocycles. The van der Waals surface area contributed by atoms with E-state index in [4.69, 9.17) is 0 Å². The number of amides is 1. The van der Waals surface area contributed by atoms with E-state index in [0.29, 0.717) is 6.54 Å². The number of para-hydroxylation sites is 1. The zero-order valence-electron chi connectivity index (χ0n) is 13.5. The fraction of sp³-hybridized carbons (Fsp3) is 0.167. The molecule has 0 bridgehead atoms. The van der Waals surface area contributed by atoms with Gasteiger partial charge in [-0.2, -0.15) is 0 Å². The molecule has 0 saturated heterocycles. The third-order valence-electron chi connectivity index (χ3n) is 3.46. The number of hydrogen-bond acceptors (Lipinski definition) is 3. The molecule has 5 nitrogen and oxygen atoms in total. The number of carbonyl (C=O) groups is 1. The normalized spacial score (nSPS) is 10.9. The molecule has 0 atom stereocenters. The van der Waals surface area contributed by atoms with Gasteiger partial charge in [-0.05, 0) is 36.2 Å². The summed E-state index contributed by atoms with van der Waals surface area (Å²) in [6.07, 6.45) is 2.39. The highest BCUT2D eigenvalue weighted by atomic mass is 32.2. The lowest BCUT2D eigenvalue weighted by atomic mass is 10.1. The first-order valence-electron chi connectivity index (χ1n) is 7.58. The number of aryl methyl sites for hydroxylation is 1. The van der Waals surface area contributed by atoms with E-state index in [0.717, 1.165) is 12.0 Å². The number of carbonyl (C=O) groups excluding carboxylic acids is 1. The van der Waals surface area contributed by atoms with Crippen LogP contribution in [0.5, 0.6) is 0 Å². The maximum absolute atomic E-state index is 12.5. The van der Waals surface area contributed by atoms with Gasteiger partial charge in [0, 0.05) is 6.54 Å². The molecular formula is C18H20N2O3S. The predicted octanol–water partition coefficient (Wildman–Crippen LogP) is 2.97. The molecular weight excluding hydrogens is 324 g/mol. The van der Waals surface area contributed by atoms with E-state index in [1.807, 2.05) is 6.92 Å². The topological polar surface area (TPSA) is 75.3 Å². The second-order valence-electron chi connectivity index (χ2n) is 5.15. The molecule has 0 aromatic heterocycles. The van der Waals surface area contributed by atoms with E-state index >= 15 is 0 Å². The highest BCUT2D eigenvalue weighted by molar-refractivity contribution is 7.92. The van der Waals surface area contributed by atoms with Crippen molar-refractivity contribution >= 4 is 21.6 Å². The molecule has 0 radical (unpaired) electrons. The molecule has 24 heavy (non-hydrogen) atoms. The van der Waals surface area contributed by atoms with Gasteiger partial charge in [0.1, 0.15) is 0 Å². The van der Waals surface area contributed by atoms with Crippen molar-refractivity contribution in [2.24, 2.45) is 0 Å². The largest absolute Gasteiger partial charge is 0.349 e. The molecule has 0 fully saturated rings. The monoisotopic (exact) mass is 344 g/mol. The van der Waals surface area contributed by atoms with Gasteiger partial charge in [0.2, 0.25) is 0 Å². The quantitative estimate of drug-likeness (QED) is 0.758. The lowest BCUT2D eigenvalue weighted by molar-refractivity contribution is 0.0959. The van der Waals surface area contributed by atoms with Crippen LogP contribution in [0.4, 0.5) is 5.69 Å². The Balaban J connectivity index is 2.29. The molecule has 2 rings (SSSR count). The molecule has 0 aliphatic rings. The molecule has 1 amide bonds. The lowest BCUT2D eigenvalue weighted by Gasteiger charge is -2.12. The first kappa shape index (κ1) is 17.7. The van der Waals surface area contributed by atoms with Gasteiger partial charge in [-0.15, -0.1) is 6.58 Å². The van der Waals surface area contributed by atoms with E-state index in [-0.39, 0.29) is 22.1 Å². The first-order chi connectivity index (χ1) is 11.5. The maximum atomic E-state index is 12.5. The zero-order chi connectivity index (χ0) is 17.6. The second kappa shape index (κ2) is 7.79. The molecule has 2 aromatic carbocycles. The summed E-state index contributed by atoms with van der Waals surface area (Å²) in [4.78, 5) is 12.3. The van der Waals surface area contributed by atoms with Crippen LogP contribution in [0.2, 0.25) is 0 Å². The minimum atomic E-state index is -3.76. The van der Waals surface area contributed by atoms with Gasteiger partial charge < -0.3 is 5.32 Å². The number of hydrogen-bond donors (Lipinski definition) is 2. The molecule has 0 unspecified atom stereocenters. The van der Waals surface area contributed by atoms with Crippen molar-refractivity contribution in [2.75, 3.05) is 11.3 Å². The molecule has 0 aliphatic carbocycles. The van der Waals surface area contributed by atoms with E-state index < -0.39 is 10.0 Å². The SMILES string of the molecule is C=CCNC(=O)c1ccccc1NS(=O)(=O)c1ccc(CC)cc1. The average molecular weight is 344 g/mol. The van der Waals surface area contributed by atoms with Crippen LogP contribution >= 0.6 is 0 Å². The highest BCUT2D eigenvalue weighted by Gasteiger charge is 2.18. The minimum absolute atomic E-state index is 0.154. The Hall–Kier alpha value is -2.60. The smallest absolute Gasteiger partial charge is 0.261 e. The standard InChI is InChI=1S/C18H20N2O3S/c1-3-13-19-18(21)16-7-5-6-8-17(16)20-24(22,23)15-11-9-14(4-2)10-12-15/h3,5-12,20H,1,4,13H2,2H3,(H,19,21). The van der Waals surface area contributed by atoms with E-state index in [1.165, 1.54) is 0 Å². The molecule has 0 spiro atoms. The third-order valence-corrected chi connectivity index (χ3v) is 4.85. The fourth-order valence-electron chi connectivity index (χ4n) is 2.14. The molecule has 126 valence electrons. The molecule has 6 heteroatoms. The van der Waals surface area contributed by atoms with Crippen LogP contribution in [0.15, 0.2) is 66.1 Å². The number of rotatable bonds is 7. The summed E-state index contributed by atoms with van der Waals surface area (Å²) in [7, 11) is -3.76. The highest BCUT2D eigenvalue weighted by Crippen LogP contribution is 2.20. The maximum Gasteiger partial charge on any atom is 0.261 e. The van der Waals surface area contributed by atoms with Crippen LogP contribution in [-0.2, 0) is 16.4 Å². The number of sulfonamides is 1. The predicted molar refractivity (Wildman–Crippen MR) is 95.6 cm³/mol. The van der Waals surface area contributed by atoms with Crippen molar-refractivity contribution in [3.8, 4) is 0 Å². The van der Waals surface area contributed by atoms with Gasteiger partial charge in [-0.1, -0.05) is 37.3 Å². The Kier molecular flexibility index (Phi) is 5.76. The van der Waals surface area contributed by atoms with E-state index in [1.54, 1.807) is 54.6 Å². The summed E-state index contributed by atoms with van der Waals surface area (Å²) in [6.45, 7) is 5.84. The zero-order valence-corrected chi connectivity index (χ0v) is 14.3. The van der Waals surface area contributed by atoms with Crippen LogP contribution < -0.4 is 10.0 Å². The van der Waals surface area contributed by atoms with Gasteiger partial charge in [0.15, 0.2) is 0 Å². The Morgan fingerprint density at radius 2 is 1.79 bits per heavy atom. The third kappa shape index (κ3) is 4.23. The van der Waals surface area contributed by atoms with Crippen molar-refractivity contribution in [2.45, 2.75) is 18.2 Å². The lowest BCUT2D eigenvalue weighted by Crippen LogP contribution is -2.25. The molecule has 0 aliphatic heterocycles. The number of nitrogens with one attached hydrogen (secondary N) is 2. The summed E-state index contributed by atoms with van der Waals surface area (Å²) >= 11 is 0. The Morgan fingerprint density at radius 1 is 1.12 bits per heavy atom. The Labute approximate surface area is 142 Å². The van der Waals surface area contributed by atoms with Crippen molar-refractivity contribution in [1.29, 1.82) is 0 Å². The molecule has 2 N–H and O–H groups in total. The summed E-state index contributed by atoms with van der Waals surface area (Å²) in [5.74, 6) is -0.366. The second-order valence-corrected chi connectivity index (χ2v) is 6.83. The minimum Gasteiger partial charge on any atom is -0.349 e. The van der Waals surface area contributed by atoms with Crippen LogP contribution in [0.3, 0.4) is 0 Å². The Morgan fingerprint density at radius 3 is 2.42 bits per heavy atom. The van der Waals surface area contributed by atoms with E-state index in [2.05, 4.69) is 16.6 Å². The fourth-order valence-corrected chi connectivity index (χ4v) is 3.22. The van der Waals surface area contributed by atoms with Crippen molar-refractivity contribution in [3.05, 3.63) is 72.3 Å². The van der Waals surface area contributed by atoms with Gasteiger partial charge >= 0.3 is 0 Å². The molecule has 0 saturated carbocycles. The van der Waals surface area contributed by atoms with Crippen LogP contribution in [0, 0.1) is 0 Å². The number of anilines is 1. The summed E-state index contributed by atoms with van der Waals surface area (Å²) in [6, 6.07) is 13.1. The summed E-state index contributed by atoms with van der Waals surface area (Å²) in [5.41, 5.74) is 1.55. The average Bonchev–Trinajstić information content (AvgIpc) is 2.60. The van der Waals surface area contributed by atoms with Crippen LogP contribution in [-0.4, -0.2) is 20.9 Å².